The molecule has 0 bridgehead atoms. The van der Waals surface area contributed by atoms with Crippen LogP contribution in [0.25, 0.3) is 0 Å². The number of aliphatic carboxylic acids is 1. The summed E-state index contributed by atoms with van der Waals surface area (Å²) < 4.78 is 43.6. The molecule has 0 fully saturated rings. The fourth-order valence-corrected chi connectivity index (χ4v) is 2.13. The molecule has 98 valence electrons. The number of alkyl halides is 3. The largest absolute Gasteiger partial charge is 0.481 e. The zero-order valence-electron chi connectivity index (χ0n) is 9.49. The zero-order valence-corrected chi connectivity index (χ0v) is 9.49. The van der Waals surface area contributed by atoms with Crippen molar-refractivity contribution in [2.75, 3.05) is 0 Å². The van der Waals surface area contributed by atoms with Gasteiger partial charge >= 0.3 is 12.1 Å². The van der Waals surface area contributed by atoms with Gasteiger partial charge in [-0.2, -0.15) is 13.2 Å². The standard InChI is InChI=1S/C12H11F3O3/c1-11(10(16)17)6-7-4-2-3-5-8(7)18-9(11)12(13,14)15/h2-5,9H,6H2,1H3,(H,16,17). The highest BCUT2D eigenvalue weighted by molar-refractivity contribution is 5.76. The van der Waals surface area contributed by atoms with Gasteiger partial charge in [0.2, 0.25) is 6.10 Å². The summed E-state index contributed by atoms with van der Waals surface area (Å²) in [4.78, 5) is 11.2. The normalized spacial score (nSPS) is 27.2. The van der Waals surface area contributed by atoms with Crippen LogP contribution in [-0.2, 0) is 11.2 Å². The summed E-state index contributed by atoms with van der Waals surface area (Å²) in [5.74, 6) is -1.42. The molecule has 6 heteroatoms. The average molecular weight is 260 g/mol. The third kappa shape index (κ3) is 1.91. The van der Waals surface area contributed by atoms with Gasteiger partial charge in [0, 0.05) is 0 Å². The molecule has 2 atom stereocenters. The van der Waals surface area contributed by atoms with Crippen molar-refractivity contribution in [3.05, 3.63) is 29.8 Å². The van der Waals surface area contributed by atoms with Crippen molar-refractivity contribution in [3.63, 3.8) is 0 Å². The van der Waals surface area contributed by atoms with Gasteiger partial charge in [0.15, 0.2) is 0 Å². The lowest BCUT2D eigenvalue weighted by atomic mass is 9.76. The van der Waals surface area contributed by atoms with Crippen molar-refractivity contribution in [1.29, 1.82) is 0 Å². The van der Waals surface area contributed by atoms with E-state index in [4.69, 9.17) is 9.84 Å². The lowest BCUT2D eigenvalue weighted by molar-refractivity contribution is -0.234. The van der Waals surface area contributed by atoms with E-state index in [9.17, 15) is 18.0 Å². The lowest BCUT2D eigenvalue weighted by Gasteiger charge is -2.39. The van der Waals surface area contributed by atoms with Crippen molar-refractivity contribution >= 4 is 5.97 Å². The fraction of sp³-hybridized carbons (Fsp3) is 0.417. The monoisotopic (exact) mass is 260 g/mol. The summed E-state index contributed by atoms with van der Waals surface area (Å²) in [5.41, 5.74) is -1.53. The molecular formula is C12H11F3O3. The summed E-state index contributed by atoms with van der Waals surface area (Å²) in [6.07, 6.45) is -7.26. The van der Waals surface area contributed by atoms with E-state index in [0.29, 0.717) is 5.56 Å². The molecule has 3 nitrogen and oxygen atoms in total. The molecule has 0 spiro atoms. The number of carboxylic acids is 1. The molecule has 1 aromatic carbocycles. The second-order valence-corrected chi connectivity index (χ2v) is 4.55. The third-order valence-corrected chi connectivity index (χ3v) is 3.14. The number of para-hydroxylation sites is 1. The van der Waals surface area contributed by atoms with Gasteiger partial charge in [-0.25, -0.2) is 0 Å². The first-order chi connectivity index (χ1) is 8.25. The molecule has 0 aliphatic carbocycles. The number of benzene rings is 1. The van der Waals surface area contributed by atoms with Crippen LogP contribution in [0.4, 0.5) is 13.2 Å². The van der Waals surface area contributed by atoms with Gasteiger partial charge in [-0.1, -0.05) is 18.2 Å². The predicted octanol–water partition coefficient (Wildman–Crippen LogP) is 2.64. The maximum Gasteiger partial charge on any atom is 0.426 e. The topological polar surface area (TPSA) is 46.5 Å². The molecule has 0 saturated carbocycles. The molecule has 2 rings (SSSR count). The summed E-state index contributed by atoms with van der Waals surface area (Å²) in [7, 11) is 0. The van der Waals surface area contributed by atoms with Crippen molar-refractivity contribution in [3.8, 4) is 5.75 Å². The van der Waals surface area contributed by atoms with Gasteiger partial charge in [-0.05, 0) is 25.0 Å². The minimum atomic E-state index is -4.72. The molecule has 0 saturated heterocycles. The third-order valence-electron chi connectivity index (χ3n) is 3.14. The Morgan fingerprint density at radius 3 is 2.61 bits per heavy atom. The van der Waals surface area contributed by atoms with Crippen LogP contribution >= 0.6 is 0 Å². The van der Waals surface area contributed by atoms with Crippen molar-refractivity contribution in [2.24, 2.45) is 5.41 Å². The summed E-state index contributed by atoms with van der Waals surface area (Å²) >= 11 is 0. The highest BCUT2D eigenvalue weighted by Crippen LogP contribution is 2.45. The number of carbonyl (C=O) groups is 1. The van der Waals surface area contributed by atoms with E-state index in [0.717, 1.165) is 6.92 Å². The number of fused-ring (bicyclic) bond motifs is 1. The molecule has 1 aliphatic heterocycles. The highest BCUT2D eigenvalue weighted by Gasteiger charge is 2.59. The lowest BCUT2D eigenvalue weighted by Crippen LogP contribution is -2.55. The molecular weight excluding hydrogens is 249 g/mol. The van der Waals surface area contributed by atoms with Crippen LogP contribution in [-0.4, -0.2) is 23.4 Å². The number of hydrogen-bond donors (Lipinski definition) is 1. The molecule has 1 N–H and O–H groups in total. The van der Waals surface area contributed by atoms with Crippen LogP contribution in [0.3, 0.4) is 0 Å². The van der Waals surface area contributed by atoms with E-state index in [2.05, 4.69) is 0 Å². The number of halogens is 3. The van der Waals surface area contributed by atoms with Crippen molar-refractivity contribution < 1.29 is 27.8 Å². The molecule has 18 heavy (non-hydrogen) atoms. The van der Waals surface area contributed by atoms with Gasteiger partial charge in [0.1, 0.15) is 11.2 Å². The molecule has 0 aromatic heterocycles. The number of rotatable bonds is 1. The first-order valence-electron chi connectivity index (χ1n) is 5.30. The van der Waals surface area contributed by atoms with Crippen LogP contribution in [0.1, 0.15) is 12.5 Å². The fourth-order valence-electron chi connectivity index (χ4n) is 2.13. The van der Waals surface area contributed by atoms with Gasteiger partial charge in [0.25, 0.3) is 0 Å². The predicted molar refractivity (Wildman–Crippen MR) is 56.4 cm³/mol. The van der Waals surface area contributed by atoms with Gasteiger partial charge in [-0.3, -0.25) is 4.79 Å². The average Bonchev–Trinajstić information content (AvgIpc) is 2.26. The van der Waals surface area contributed by atoms with E-state index in [-0.39, 0.29) is 12.2 Å². The summed E-state index contributed by atoms with van der Waals surface area (Å²) in [6, 6.07) is 6.17. The van der Waals surface area contributed by atoms with Crippen LogP contribution in [0, 0.1) is 5.41 Å². The molecule has 1 aromatic rings. The van der Waals surface area contributed by atoms with Gasteiger partial charge in [0.05, 0.1) is 0 Å². The summed E-state index contributed by atoms with van der Waals surface area (Å²) in [6.45, 7) is 1.06. The maximum atomic E-state index is 12.9. The van der Waals surface area contributed by atoms with Gasteiger partial charge < -0.3 is 9.84 Å². The Morgan fingerprint density at radius 2 is 2.06 bits per heavy atom. The Morgan fingerprint density at radius 1 is 1.44 bits per heavy atom. The zero-order chi connectivity index (χ0) is 13.6. The minimum absolute atomic E-state index is 0.0959. The molecule has 1 aliphatic rings. The summed E-state index contributed by atoms with van der Waals surface area (Å²) in [5, 5.41) is 9.08. The second kappa shape index (κ2) is 3.90. The van der Waals surface area contributed by atoms with E-state index in [1.807, 2.05) is 0 Å². The number of carboxylic acid groups (broad SMARTS) is 1. The molecule has 0 radical (unpaired) electrons. The minimum Gasteiger partial charge on any atom is -0.481 e. The first-order valence-corrected chi connectivity index (χ1v) is 5.30. The Kier molecular flexibility index (Phi) is 2.76. The second-order valence-electron chi connectivity index (χ2n) is 4.55. The van der Waals surface area contributed by atoms with Crippen LogP contribution in [0.2, 0.25) is 0 Å². The SMILES string of the molecule is CC1(C(=O)O)Cc2ccccc2OC1C(F)(F)F. The Labute approximate surface area is 101 Å². The molecule has 1 heterocycles. The quantitative estimate of drug-likeness (QED) is 0.844. The van der Waals surface area contributed by atoms with E-state index in [1.165, 1.54) is 6.07 Å². The van der Waals surface area contributed by atoms with Crippen LogP contribution in [0.5, 0.6) is 5.75 Å². The Hall–Kier alpha value is -1.72. The Balaban J connectivity index is 2.50. The van der Waals surface area contributed by atoms with Crippen LogP contribution < -0.4 is 4.74 Å². The van der Waals surface area contributed by atoms with Crippen LogP contribution in [0.15, 0.2) is 24.3 Å². The highest BCUT2D eigenvalue weighted by atomic mass is 19.4. The van der Waals surface area contributed by atoms with E-state index < -0.39 is 23.7 Å². The van der Waals surface area contributed by atoms with Gasteiger partial charge in [-0.15, -0.1) is 0 Å². The van der Waals surface area contributed by atoms with E-state index >= 15 is 0 Å². The molecule has 0 amide bonds. The number of hydrogen-bond acceptors (Lipinski definition) is 2. The smallest absolute Gasteiger partial charge is 0.426 e. The van der Waals surface area contributed by atoms with E-state index in [1.54, 1.807) is 18.2 Å². The Bertz CT molecular complexity index is 484. The maximum absolute atomic E-state index is 12.9. The van der Waals surface area contributed by atoms with Crippen molar-refractivity contribution in [1.82, 2.24) is 0 Å². The van der Waals surface area contributed by atoms with Crippen molar-refractivity contribution in [2.45, 2.75) is 25.6 Å². The first kappa shape index (κ1) is 12.7. The number of ether oxygens (including phenoxy) is 1. The molecule has 2 unspecified atom stereocenters.